The van der Waals surface area contributed by atoms with E-state index in [-0.39, 0.29) is 17.5 Å². The van der Waals surface area contributed by atoms with E-state index in [4.69, 9.17) is 5.73 Å². The zero-order valence-corrected chi connectivity index (χ0v) is 9.09. The summed E-state index contributed by atoms with van der Waals surface area (Å²) in [6.07, 6.45) is 0.309. The molecule has 0 aromatic heterocycles. The number of carbonyl (C=O) groups is 1. The van der Waals surface area contributed by atoms with E-state index in [0.29, 0.717) is 24.1 Å². The Morgan fingerprint density at radius 3 is 2.67 bits per heavy atom. The molecule has 1 aromatic rings. The lowest BCUT2D eigenvalue weighted by molar-refractivity contribution is 0.0985. The maximum Gasteiger partial charge on any atom is 0.164 e. The lowest BCUT2D eigenvalue weighted by Gasteiger charge is -2.08. The monoisotopic (exact) mass is 209 g/mol. The molecule has 0 spiro atoms. The van der Waals surface area contributed by atoms with Crippen LogP contribution in [-0.4, -0.2) is 12.3 Å². The fraction of sp³-hybridized carbons (Fsp3) is 0.417. The first kappa shape index (κ1) is 11.9. The lowest BCUT2D eigenvalue weighted by Crippen LogP contribution is -2.09. The van der Waals surface area contributed by atoms with E-state index < -0.39 is 0 Å². The van der Waals surface area contributed by atoms with Gasteiger partial charge in [0.25, 0.3) is 0 Å². The molecule has 0 aliphatic carbocycles. The summed E-state index contributed by atoms with van der Waals surface area (Å²) in [5.74, 6) is -0.204. The zero-order valence-electron chi connectivity index (χ0n) is 9.09. The van der Waals surface area contributed by atoms with Crippen LogP contribution >= 0.6 is 0 Å². The first-order chi connectivity index (χ1) is 7.06. The molecular weight excluding hydrogens is 193 g/mol. The summed E-state index contributed by atoms with van der Waals surface area (Å²) in [7, 11) is 0. The second-order valence-corrected chi connectivity index (χ2v) is 3.85. The second kappa shape index (κ2) is 5.03. The van der Waals surface area contributed by atoms with Crippen LogP contribution in [0, 0.1) is 5.82 Å². The minimum absolute atomic E-state index is 0.0283. The summed E-state index contributed by atoms with van der Waals surface area (Å²) in [5.41, 5.74) is 6.43. The van der Waals surface area contributed by atoms with Crippen molar-refractivity contribution in [2.45, 2.75) is 26.2 Å². The number of carbonyl (C=O) groups excluding carboxylic acids is 1. The van der Waals surface area contributed by atoms with Crippen molar-refractivity contribution in [3.8, 4) is 0 Å². The third-order valence-electron chi connectivity index (χ3n) is 2.31. The highest BCUT2D eigenvalue weighted by Gasteiger charge is 2.11. The van der Waals surface area contributed by atoms with Crippen molar-refractivity contribution in [1.29, 1.82) is 0 Å². The number of Topliss-reactive ketones (excluding diaryl/α,β-unsaturated/α-hetero) is 1. The van der Waals surface area contributed by atoms with Gasteiger partial charge >= 0.3 is 0 Å². The molecular formula is C12H16FNO. The minimum atomic E-state index is -0.255. The fourth-order valence-corrected chi connectivity index (χ4v) is 1.44. The molecule has 3 heteroatoms. The molecule has 0 heterocycles. The Morgan fingerprint density at radius 1 is 1.47 bits per heavy atom. The average Bonchev–Trinajstić information content (AvgIpc) is 2.18. The molecule has 15 heavy (non-hydrogen) atoms. The molecule has 2 N–H and O–H groups in total. The van der Waals surface area contributed by atoms with Gasteiger partial charge in [-0.25, -0.2) is 4.39 Å². The van der Waals surface area contributed by atoms with Gasteiger partial charge in [-0.05, 0) is 36.2 Å². The van der Waals surface area contributed by atoms with Crippen molar-refractivity contribution in [3.63, 3.8) is 0 Å². The highest BCUT2D eigenvalue weighted by atomic mass is 19.1. The summed E-state index contributed by atoms with van der Waals surface area (Å²) in [5, 5.41) is 0. The van der Waals surface area contributed by atoms with Gasteiger partial charge in [0.15, 0.2) is 5.78 Å². The number of ketones is 1. The zero-order chi connectivity index (χ0) is 11.4. The van der Waals surface area contributed by atoms with Crippen LogP contribution in [0.2, 0.25) is 0 Å². The summed E-state index contributed by atoms with van der Waals surface area (Å²) in [6, 6.07) is 4.48. The summed E-state index contributed by atoms with van der Waals surface area (Å²) in [6.45, 7) is 4.12. The minimum Gasteiger partial charge on any atom is -0.330 e. The first-order valence-corrected chi connectivity index (χ1v) is 5.09. The first-order valence-electron chi connectivity index (χ1n) is 5.09. The predicted octanol–water partition coefficient (Wildman–Crippen LogP) is 2.48. The van der Waals surface area contributed by atoms with Crippen molar-refractivity contribution in [2.75, 3.05) is 6.54 Å². The van der Waals surface area contributed by atoms with Gasteiger partial charge in [-0.2, -0.15) is 0 Å². The Kier molecular flexibility index (Phi) is 3.97. The summed E-state index contributed by atoms with van der Waals surface area (Å²) >= 11 is 0. The van der Waals surface area contributed by atoms with E-state index in [1.165, 1.54) is 12.1 Å². The third kappa shape index (κ3) is 2.86. The van der Waals surface area contributed by atoms with Crippen LogP contribution in [0.15, 0.2) is 18.2 Å². The molecule has 0 unspecified atom stereocenters. The van der Waals surface area contributed by atoms with E-state index in [1.807, 2.05) is 13.8 Å². The van der Waals surface area contributed by atoms with Gasteiger partial charge in [-0.1, -0.05) is 13.8 Å². The Morgan fingerprint density at radius 2 is 2.13 bits per heavy atom. The van der Waals surface area contributed by atoms with Crippen molar-refractivity contribution in [3.05, 3.63) is 35.1 Å². The number of hydrogen-bond acceptors (Lipinski definition) is 2. The van der Waals surface area contributed by atoms with E-state index in [1.54, 1.807) is 6.07 Å². The molecule has 0 radical (unpaired) electrons. The second-order valence-electron chi connectivity index (χ2n) is 3.85. The van der Waals surface area contributed by atoms with Crippen LogP contribution < -0.4 is 5.73 Å². The van der Waals surface area contributed by atoms with Crippen molar-refractivity contribution in [2.24, 2.45) is 5.73 Å². The van der Waals surface area contributed by atoms with E-state index in [0.717, 1.165) is 0 Å². The van der Waals surface area contributed by atoms with Gasteiger partial charge in [0, 0.05) is 12.0 Å². The standard InChI is InChI=1S/C12H16FNO/c1-8(2)10-7-9(3-4-11(10)13)12(15)5-6-14/h3-4,7-8H,5-6,14H2,1-2H3. The Labute approximate surface area is 89.3 Å². The Hall–Kier alpha value is -1.22. The van der Waals surface area contributed by atoms with Crippen molar-refractivity contribution in [1.82, 2.24) is 0 Å². The molecule has 1 aromatic carbocycles. The van der Waals surface area contributed by atoms with Gasteiger partial charge in [0.1, 0.15) is 5.82 Å². The van der Waals surface area contributed by atoms with Crippen molar-refractivity contribution < 1.29 is 9.18 Å². The predicted molar refractivity (Wildman–Crippen MR) is 58.5 cm³/mol. The average molecular weight is 209 g/mol. The van der Waals surface area contributed by atoms with Crippen LogP contribution in [-0.2, 0) is 0 Å². The SMILES string of the molecule is CC(C)c1cc(C(=O)CCN)ccc1F. The topological polar surface area (TPSA) is 43.1 Å². The molecule has 2 nitrogen and oxygen atoms in total. The Balaban J connectivity index is 3.02. The van der Waals surface area contributed by atoms with Crippen LogP contribution in [0.3, 0.4) is 0 Å². The number of hydrogen-bond donors (Lipinski definition) is 1. The molecule has 0 atom stereocenters. The molecule has 0 amide bonds. The van der Waals surface area contributed by atoms with E-state index in [9.17, 15) is 9.18 Å². The quantitative estimate of drug-likeness (QED) is 0.774. The largest absolute Gasteiger partial charge is 0.330 e. The smallest absolute Gasteiger partial charge is 0.164 e. The van der Waals surface area contributed by atoms with Gasteiger partial charge in [-0.3, -0.25) is 4.79 Å². The van der Waals surface area contributed by atoms with Crippen LogP contribution in [0.4, 0.5) is 4.39 Å². The van der Waals surface area contributed by atoms with Crippen LogP contribution in [0.1, 0.15) is 42.1 Å². The van der Waals surface area contributed by atoms with Gasteiger partial charge in [-0.15, -0.1) is 0 Å². The molecule has 0 saturated heterocycles. The highest BCUT2D eigenvalue weighted by Crippen LogP contribution is 2.20. The van der Waals surface area contributed by atoms with E-state index in [2.05, 4.69) is 0 Å². The fourth-order valence-electron chi connectivity index (χ4n) is 1.44. The summed E-state index contributed by atoms with van der Waals surface area (Å²) < 4.78 is 13.3. The maximum atomic E-state index is 13.3. The normalized spacial score (nSPS) is 10.7. The molecule has 82 valence electrons. The van der Waals surface area contributed by atoms with Crippen LogP contribution in [0.5, 0.6) is 0 Å². The molecule has 0 aliphatic heterocycles. The molecule has 1 rings (SSSR count). The molecule has 0 aliphatic rings. The number of nitrogens with two attached hydrogens (primary N) is 1. The van der Waals surface area contributed by atoms with Gasteiger partial charge in [0.2, 0.25) is 0 Å². The van der Waals surface area contributed by atoms with Gasteiger partial charge in [0.05, 0.1) is 0 Å². The lowest BCUT2D eigenvalue weighted by atomic mass is 9.98. The number of benzene rings is 1. The van der Waals surface area contributed by atoms with Crippen LogP contribution in [0.25, 0.3) is 0 Å². The third-order valence-corrected chi connectivity index (χ3v) is 2.31. The molecule has 0 bridgehead atoms. The highest BCUT2D eigenvalue weighted by molar-refractivity contribution is 5.96. The van der Waals surface area contributed by atoms with Crippen molar-refractivity contribution >= 4 is 5.78 Å². The maximum absolute atomic E-state index is 13.3. The molecule has 0 fully saturated rings. The van der Waals surface area contributed by atoms with Gasteiger partial charge < -0.3 is 5.73 Å². The Bertz CT molecular complexity index is 361. The molecule has 0 saturated carbocycles. The number of rotatable bonds is 4. The van der Waals surface area contributed by atoms with E-state index >= 15 is 0 Å². The summed E-state index contributed by atoms with van der Waals surface area (Å²) in [4.78, 5) is 11.5. The number of halogens is 1.